The Balaban J connectivity index is 2.68. The van der Waals surface area contributed by atoms with Gasteiger partial charge in [0, 0.05) is 30.7 Å². The van der Waals surface area contributed by atoms with Gasteiger partial charge in [-0.05, 0) is 31.7 Å². The average molecular weight is 285 g/mol. The Morgan fingerprint density at radius 1 is 1.42 bits per heavy atom. The monoisotopic (exact) mass is 284 g/mol. The van der Waals surface area contributed by atoms with Crippen LogP contribution in [0, 0.1) is 0 Å². The van der Waals surface area contributed by atoms with Crippen LogP contribution in [-0.4, -0.2) is 37.6 Å². The fourth-order valence-electron chi connectivity index (χ4n) is 1.51. The van der Waals surface area contributed by atoms with E-state index >= 15 is 0 Å². The van der Waals surface area contributed by atoms with E-state index in [1.54, 1.807) is 24.1 Å². The van der Waals surface area contributed by atoms with Gasteiger partial charge in [-0.3, -0.25) is 4.79 Å². The number of nitrogens with one attached hydrogen (secondary N) is 1. The highest BCUT2D eigenvalue weighted by molar-refractivity contribution is 6.30. The lowest BCUT2D eigenvalue weighted by molar-refractivity contribution is -0.131. The standard InChI is InChI=1S/C14H21ClN2O2/c1-4-16-9-11-8-12(15)6-7-13(11)19-10-14(18)17(3)5-2/h6-8,16H,4-5,9-10H2,1-3H3. The van der Waals surface area contributed by atoms with Crippen molar-refractivity contribution in [3.05, 3.63) is 28.8 Å². The number of carbonyl (C=O) groups is 1. The number of halogens is 1. The Morgan fingerprint density at radius 3 is 2.79 bits per heavy atom. The van der Waals surface area contributed by atoms with Gasteiger partial charge in [-0.25, -0.2) is 0 Å². The van der Waals surface area contributed by atoms with Crippen LogP contribution in [0.4, 0.5) is 0 Å². The molecule has 0 saturated carbocycles. The largest absolute Gasteiger partial charge is 0.483 e. The minimum atomic E-state index is -0.0353. The van der Waals surface area contributed by atoms with Crippen molar-refractivity contribution < 1.29 is 9.53 Å². The molecule has 1 aromatic carbocycles. The second-order valence-electron chi connectivity index (χ2n) is 4.23. The van der Waals surface area contributed by atoms with Gasteiger partial charge in [-0.15, -0.1) is 0 Å². The van der Waals surface area contributed by atoms with Crippen LogP contribution in [-0.2, 0) is 11.3 Å². The van der Waals surface area contributed by atoms with Gasteiger partial charge in [0.25, 0.3) is 5.91 Å². The van der Waals surface area contributed by atoms with E-state index in [1.165, 1.54) is 0 Å². The smallest absolute Gasteiger partial charge is 0.260 e. The van der Waals surface area contributed by atoms with Gasteiger partial charge in [-0.1, -0.05) is 18.5 Å². The summed E-state index contributed by atoms with van der Waals surface area (Å²) >= 11 is 5.97. The summed E-state index contributed by atoms with van der Waals surface area (Å²) < 4.78 is 5.58. The molecule has 1 amide bonds. The van der Waals surface area contributed by atoms with E-state index in [1.807, 2.05) is 19.9 Å². The Hall–Kier alpha value is -1.26. The maximum atomic E-state index is 11.7. The summed E-state index contributed by atoms with van der Waals surface area (Å²) in [7, 11) is 1.76. The molecule has 5 heteroatoms. The van der Waals surface area contributed by atoms with Crippen molar-refractivity contribution >= 4 is 17.5 Å². The van der Waals surface area contributed by atoms with E-state index in [0.29, 0.717) is 23.9 Å². The molecule has 0 aliphatic rings. The predicted octanol–water partition coefficient (Wildman–Crippen LogP) is 2.31. The topological polar surface area (TPSA) is 41.6 Å². The lowest BCUT2D eigenvalue weighted by Crippen LogP contribution is -2.31. The summed E-state index contributed by atoms with van der Waals surface area (Å²) in [6.07, 6.45) is 0. The van der Waals surface area contributed by atoms with Gasteiger partial charge in [0.1, 0.15) is 5.75 Å². The maximum absolute atomic E-state index is 11.7. The van der Waals surface area contributed by atoms with Gasteiger partial charge in [-0.2, -0.15) is 0 Å². The first-order valence-electron chi connectivity index (χ1n) is 6.44. The number of rotatable bonds is 7. The number of amides is 1. The van der Waals surface area contributed by atoms with Crippen molar-refractivity contribution in [2.45, 2.75) is 20.4 Å². The van der Waals surface area contributed by atoms with E-state index in [0.717, 1.165) is 12.1 Å². The van der Waals surface area contributed by atoms with Crippen molar-refractivity contribution in [3.63, 3.8) is 0 Å². The van der Waals surface area contributed by atoms with Gasteiger partial charge >= 0.3 is 0 Å². The first-order valence-corrected chi connectivity index (χ1v) is 6.82. The minimum Gasteiger partial charge on any atom is -0.483 e. The van der Waals surface area contributed by atoms with Crippen LogP contribution in [0.25, 0.3) is 0 Å². The first-order chi connectivity index (χ1) is 9.08. The van der Waals surface area contributed by atoms with Gasteiger partial charge in [0.15, 0.2) is 6.61 Å². The van der Waals surface area contributed by atoms with Crippen molar-refractivity contribution in [2.75, 3.05) is 26.7 Å². The van der Waals surface area contributed by atoms with Crippen LogP contribution in [0.15, 0.2) is 18.2 Å². The first kappa shape index (κ1) is 15.8. The van der Waals surface area contributed by atoms with Crippen molar-refractivity contribution in [1.82, 2.24) is 10.2 Å². The molecule has 0 fully saturated rings. The second kappa shape index (κ2) is 8.02. The van der Waals surface area contributed by atoms with Gasteiger partial charge in [0.2, 0.25) is 0 Å². The number of hydrogen-bond acceptors (Lipinski definition) is 3. The zero-order chi connectivity index (χ0) is 14.3. The number of benzene rings is 1. The molecule has 0 atom stereocenters. The third-order valence-electron chi connectivity index (χ3n) is 2.84. The van der Waals surface area contributed by atoms with Crippen LogP contribution in [0.2, 0.25) is 5.02 Å². The molecule has 0 bridgehead atoms. The number of ether oxygens (including phenoxy) is 1. The summed E-state index contributed by atoms with van der Waals surface area (Å²) in [5.41, 5.74) is 0.960. The molecule has 0 unspecified atom stereocenters. The molecule has 0 aliphatic heterocycles. The lowest BCUT2D eigenvalue weighted by atomic mass is 10.2. The molecule has 1 rings (SSSR count). The fourth-order valence-corrected chi connectivity index (χ4v) is 1.71. The highest BCUT2D eigenvalue weighted by Crippen LogP contribution is 2.22. The summed E-state index contributed by atoms with van der Waals surface area (Å²) in [5, 5.41) is 3.88. The average Bonchev–Trinajstić information content (AvgIpc) is 2.42. The van der Waals surface area contributed by atoms with Gasteiger partial charge < -0.3 is 15.0 Å². The summed E-state index contributed by atoms with van der Waals surface area (Å²) in [4.78, 5) is 13.3. The molecule has 19 heavy (non-hydrogen) atoms. The van der Waals surface area contributed by atoms with Gasteiger partial charge in [0.05, 0.1) is 0 Å². The zero-order valence-corrected chi connectivity index (χ0v) is 12.5. The number of likely N-dealkylation sites (N-methyl/N-ethyl adjacent to an activating group) is 1. The SMILES string of the molecule is CCNCc1cc(Cl)ccc1OCC(=O)N(C)CC. The molecular weight excluding hydrogens is 264 g/mol. The van der Waals surface area contributed by atoms with Crippen LogP contribution in [0.1, 0.15) is 19.4 Å². The molecule has 106 valence electrons. The Kier molecular flexibility index (Phi) is 6.67. The molecule has 0 heterocycles. The Labute approximate surface area is 119 Å². The van der Waals surface area contributed by atoms with E-state index < -0.39 is 0 Å². The maximum Gasteiger partial charge on any atom is 0.260 e. The normalized spacial score (nSPS) is 10.3. The van der Waals surface area contributed by atoms with Crippen molar-refractivity contribution in [3.8, 4) is 5.75 Å². The molecule has 0 spiro atoms. The van der Waals surface area contributed by atoms with Crippen molar-refractivity contribution in [2.24, 2.45) is 0 Å². The van der Waals surface area contributed by atoms with E-state index in [9.17, 15) is 4.79 Å². The van der Waals surface area contributed by atoms with Crippen LogP contribution >= 0.6 is 11.6 Å². The molecular formula is C14H21ClN2O2. The summed E-state index contributed by atoms with van der Waals surface area (Å²) in [5.74, 6) is 0.662. The zero-order valence-electron chi connectivity index (χ0n) is 11.7. The predicted molar refractivity (Wildman–Crippen MR) is 77.6 cm³/mol. The van der Waals surface area contributed by atoms with E-state index in [2.05, 4.69) is 5.32 Å². The summed E-state index contributed by atoms with van der Waals surface area (Å²) in [6, 6.07) is 5.42. The molecule has 4 nitrogen and oxygen atoms in total. The molecule has 1 N–H and O–H groups in total. The fraction of sp³-hybridized carbons (Fsp3) is 0.500. The van der Waals surface area contributed by atoms with Crippen molar-refractivity contribution in [1.29, 1.82) is 0 Å². The van der Waals surface area contributed by atoms with Crippen LogP contribution in [0.3, 0.4) is 0 Å². The third kappa shape index (κ3) is 5.09. The quantitative estimate of drug-likeness (QED) is 0.835. The lowest BCUT2D eigenvalue weighted by Gasteiger charge is -2.16. The van der Waals surface area contributed by atoms with E-state index in [4.69, 9.17) is 16.3 Å². The minimum absolute atomic E-state index is 0.0353. The van der Waals surface area contributed by atoms with Crippen LogP contribution < -0.4 is 10.1 Å². The highest BCUT2D eigenvalue weighted by Gasteiger charge is 2.10. The highest BCUT2D eigenvalue weighted by atomic mass is 35.5. The third-order valence-corrected chi connectivity index (χ3v) is 3.07. The Morgan fingerprint density at radius 2 is 2.16 bits per heavy atom. The Bertz CT molecular complexity index is 424. The molecule has 0 saturated heterocycles. The van der Waals surface area contributed by atoms with E-state index in [-0.39, 0.29) is 12.5 Å². The van der Waals surface area contributed by atoms with Crippen LogP contribution in [0.5, 0.6) is 5.75 Å². The number of nitrogens with zero attached hydrogens (tertiary/aromatic N) is 1. The summed E-state index contributed by atoms with van der Waals surface area (Å²) in [6.45, 7) is 6.22. The molecule has 0 radical (unpaired) electrons. The molecule has 0 aliphatic carbocycles. The molecule has 1 aromatic rings. The number of hydrogen-bond donors (Lipinski definition) is 1. The second-order valence-corrected chi connectivity index (χ2v) is 4.67. The molecule has 0 aromatic heterocycles. The number of carbonyl (C=O) groups excluding carboxylic acids is 1.